The van der Waals surface area contributed by atoms with Gasteiger partial charge in [-0.3, -0.25) is 4.90 Å². The lowest BCUT2D eigenvalue weighted by molar-refractivity contribution is 0.244. The minimum Gasteiger partial charge on any atom is -0.457 e. The van der Waals surface area contributed by atoms with Crippen molar-refractivity contribution in [2.45, 2.75) is 19.5 Å². The number of rotatable bonds is 8. The second kappa shape index (κ2) is 10.6. The maximum Gasteiger partial charge on any atom is 0.141 e. The van der Waals surface area contributed by atoms with Crippen LogP contribution in [0.2, 0.25) is 0 Å². The van der Waals surface area contributed by atoms with Gasteiger partial charge in [-0.05, 0) is 104 Å². The molecule has 1 N–H and O–H groups in total. The fourth-order valence-corrected chi connectivity index (χ4v) is 6.51. The largest absolute Gasteiger partial charge is 0.457 e. The van der Waals surface area contributed by atoms with Crippen LogP contribution in [0.25, 0.3) is 22.0 Å². The van der Waals surface area contributed by atoms with Gasteiger partial charge in [-0.15, -0.1) is 0 Å². The molecule has 2 heterocycles. The molecule has 0 bridgehead atoms. The predicted molar refractivity (Wildman–Crippen MR) is 166 cm³/mol. The first kappa shape index (κ1) is 25.7. The molecule has 6 nitrogen and oxygen atoms in total. The number of piperidine rings is 1. The molecule has 2 aliphatic rings. The maximum atomic E-state index is 6.06. The van der Waals surface area contributed by atoms with E-state index in [9.17, 15) is 0 Å². The van der Waals surface area contributed by atoms with E-state index in [2.05, 4.69) is 94.6 Å². The number of ether oxygens (including phenoxy) is 1. The van der Waals surface area contributed by atoms with E-state index in [0.29, 0.717) is 0 Å². The molecular weight excluding hydrogens is 506 g/mol. The molecule has 7 rings (SSSR count). The second-order valence-corrected chi connectivity index (χ2v) is 11.7. The molecule has 6 heteroatoms. The topological polar surface area (TPSA) is 53.5 Å². The van der Waals surface area contributed by atoms with Crippen LogP contribution in [0.1, 0.15) is 11.1 Å². The Morgan fingerprint density at radius 1 is 0.854 bits per heavy atom. The van der Waals surface area contributed by atoms with Crippen LogP contribution < -0.4 is 10.1 Å². The predicted octanol–water partition coefficient (Wildman–Crippen LogP) is 7.13. The smallest absolute Gasteiger partial charge is 0.141 e. The third-order valence-electron chi connectivity index (χ3n) is 8.53. The molecule has 2 fully saturated rings. The van der Waals surface area contributed by atoms with Crippen molar-refractivity contribution in [2.75, 3.05) is 32.5 Å². The Morgan fingerprint density at radius 2 is 1.66 bits per heavy atom. The van der Waals surface area contributed by atoms with Crippen molar-refractivity contribution in [3.63, 3.8) is 0 Å². The SMILES string of the molecule is Cc1cc(Nc2ncnc3ccc(-c4cccc(CN5CC6C(C5)C6N(C)C)c4)cc23)ccc1Oc1ccccc1. The standard InChI is InChI=1S/C35H35N5O/c1-23-16-27(13-15-33(23)41-28-10-5-4-6-11-28)38-35-29-18-26(12-14-32(29)36-22-37-35)25-9-7-8-24(17-25)19-40-20-30-31(21-40)34(30)39(2)3/h4-18,22,30-31,34H,19-21H2,1-3H3,(H,36,37,38). The van der Waals surface area contributed by atoms with Crippen LogP contribution in [0.4, 0.5) is 11.5 Å². The number of benzene rings is 4. The zero-order chi connectivity index (χ0) is 27.9. The van der Waals surface area contributed by atoms with Gasteiger partial charge < -0.3 is 15.0 Å². The number of nitrogens with zero attached hydrogens (tertiary/aromatic N) is 4. The van der Waals surface area contributed by atoms with Crippen LogP contribution in [-0.2, 0) is 6.54 Å². The molecule has 1 aliphatic carbocycles. The number of anilines is 2. The highest BCUT2D eigenvalue weighted by Crippen LogP contribution is 2.48. The number of aromatic nitrogens is 2. The van der Waals surface area contributed by atoms with Crippen LogP contribution in [0, 0.1) is 18.8 Å². The highest BCUT2D eigenvalue weighted by molar-refractivity contribution is 5.94. The first-order valence-corrected chi connectivity index (χ1v) is 14.4. The maximum absolute atomic E-state index is 6.06. The zero-order valence-electron chi connectivity index (χ0n) is 23.8. The van der Waals surface area contributed by atoms with Gasteiger partial charge in [0.05, 0.1) is 5.52 Å². The van der Waals surface area contributed by atoms with Crippen LogP contribution >= 0.6 is 0 Å². The summed E-state index contributed by atoms with van der Waals surface area (Å²) in [5.74, 6) is 4.13. The van der Waals surface area contributed by atoms with E-state index in [1.165, 1.54) is 24.2 Å². The van der Waals surface area contributed by atoms with Gasteiger partial charge in [0.1, 0.15) is 23.6 Å². The molecule has 0 radical (unpaired) electrons. The van der Waals surface area contributed by atoms with Gasteiger partial charge >= 0.3 is 0 Å². The van der Waals surface area contributed by atoms with Crippen LogP contribution in [0.5, 0.6) is 11.5 Å². The summed E-state index contributed by atoms with van der Waals surface area (Å²) < 4.78 is 6.06. The number of hydrogen-bond donors (Lipinski definition) is 1. The minimum atomic E-state index is 0.782. The van der Waals surface area contributed by atoms with Gasteiger partial charge in [-0.25, -0.2) is 9.97 Å². The average molecular weight is 542 g/mol. The lowest BCUT2D eigenvalue weighted by atomic mass is 10.0. The molecule has 1 aromatic heterocycles. The van der Waals surface area contributed by atoms with Gasteiger partial charge in [0.2, 0.25) is 0 Å². The molecule has 2 unspecified atom stereocenters. The summed E-state index contributed by atoms with van der Waals surface area (Å²) in [6.07, 6.45) is 1.62. The van der Waals surface area contributed by atoms with Crippen molar-refractivity contribution < 1.29 is 4.74 Å². The summed E-state index contributed by atoms with van der Waals surface area (Å²) in [5.41, 5.74) is 6.65. The summed E-state index contributed by atoms with van der Waals surface area (Å²) >= 11 is 0. The van der Waals surface area contributed by atoms with E-state index in [-0.39, 0.29) is 0 Å². The number of aryl methyl sites for hydroxylation is 1. The highest BCUT2D eigenvalue weighted by atomic mass is 16.5. The molecule has 0 amide bonds. The Bertz CT molecular complexity index is 1690. The van der Waals surface area contributed by atoms with Gasteiger partial charge in [0, 0.05) is 36.7 Å². The third-order valence-corrected chi connectivity index (χ3v) is 8.53. The Balaban J connectivity index is 1.09. The Hall–Kier alpha value is -4.26. The van der Waals surface area contributed by atoms with Gasteiger partial charge in [-0.1, -0.05) is 42.5 Å². The van der Waals surface area contributed by atoms with Crippen molar-refractivity contribution in [1.82, 2.24) is 19.8 Å². The molecule has 0 spiro atoms. The Morgan fingerprint density at radius 3 is 2.44 bits per heavy atom. The van der Waals surface area contributed by atoms with E-state index >= 15 is 0 Å². The van der Waals surface area contributed by atoms with E-state index in [1.807, 2.05) is 42.5 Å². The van der Waals surface area contributed by atoms with E-state index in [4.69, 9.17) is 4.74 Å². The zero-order valence-corrected chi connectivity index (χ0v) is 23.8. The number of para-hydroxylation sites is 1. The molecule has 1 saturated carbocycles. The third kappa shape index (κ3) is 5.29. The lowest BCUT2D eigenvalue weighted by Crippen LogP contribution is -2.30. The van der Waals surface area contributed by atoms with E-state index in [1.54, 1.807) is 6.33 Å². The summed E-state index contributed by atoms with van der Waals surface area (Å²) in [7, 11) is 4.43. The van der Waals surface area contributed by atoms with Crippen molar-refractivity contribution in [1.29, 1.82) is 0 Å². The van der Waals surface area contributed by atoms with Crippen LogP contribution in [0.3, 0.4) is 0 Å². The molecule has 5 aromatic rings. The fraction of sp³-hybridized carbons (Fsp3) is 0.257. The Labute approximate surface area is 241 Å². The monoisotopic (exact) mass is 541 g/mol. The summed E-state index contributed by atoms with van der Waals surface area (Å²) in [6.45, 7) is 5.48. The first-order valence-electron chi connectivity index (χ1n) is 14.4. The van der Waals surface area contributed by atoms with E-state index < -0.39 is 0 Å². The number of hydrogen-bond acceptors (Lipinski definition) is 6. The molecule has 1 aliphatic heterocycles. The Kier molecular flexibility index (Phi) is 6.65. The minimum absolute atomic E-state index is 0.782. The molecule has 206 valence electrons. The molecular formula is C35H35N5O. The highest BCUT2D eigenvalue weighted by Gasteiger charge is 2.56. The first-order chi connectivity index (χ1) is 20.0. The number of likely N-dealkylation sites (tertiary alicyclic amines) is 1. The fourth-order valence-electron chi connectivity index (χ4n) is 6.51. The summed E-state index contributed by atoms with van der Waals surface area (Å²) in [5, 5.41) is 4.51. The molecule has 2 atom stereocenters. The summed E-state index contributed by atoms with van der Waals surface area (Å²) in [4.78, 5) is 14.2. The number of nitrogens with one attached hydrogen (secondary N) is 1. The lowest BCUT2D eigenvalue weighted by Gasteiger charge is -2.22. The van der Waals surface area contributed by atoms with Crippen LogP contribution in [0.15, 0.2) is 97.3 Å². The van der Waals surface area contributed by atoms with Crippen molar-refractivity contribution >= 4 is 22.4 Å². The van der Waals surface area contributed by atoms with E-state index in [0.717, 1.165) is 69.5 Å². The molecule has 4 aromatic carbocycles. The van der Waals surface area contributed by atoms with Gasteiger partial charge in [0.15, 0.2) is 0 Å². The van der Waals surface area contributed by atoms with Crippen molar-refractivity contribution in [3.05, 3.63) is 108 Å². The normalized spacial score (nSPS) is 19.9. The van der Waals surface area contributed by atoms with Gasteiger partial charge in [0.25, 0.3) is 0 Å². The molecule has 41 heavy (non-hydrogen) atoms. The number of fused-ring (bicyclic) bond motifs is 2. The van der Waals surface area contributed by atoms with Crippen molar-refractivity contribution in [3.8, 4) is 22.6 Å². The quantitative estimate of drug-likeness (QED) is 0.226. The summed E-state index contributed by atoms with van der Waals surface area (Å²) in [6, 6.07) is 32.1. The second-order valence-electron chi connectivity index (χ2n) is 11.7. The molecule has 1 saturated heterocycles. The average Bonchev–Trinajstić information content (AvgIpc) is 3.51. The van der Waals surface area contributed by atoms with Crippen molar-refractivity contribution in [2.24, 2.45) is 11.8 Å². The van der Waals surface area contributed by atoms with Crippen LogP contribution in [-0.4, -0.2) is 53.0 Å². The van der Waals surface area contributed by atoms with Gasteiger partial charge in [-0.2, -0.15) is 0 Å².